The van der Waals surface area contributed by atoms with Crippen molar-refractivity contribution in [2.24, 2.45) is 5.92 Å². The highest BCUT2D eigenvalue weighted by molar-refractivity contribution is 6.37. The van der Waals surface area contributed by atoms with Crippen LogP contribution in [0, 0.1) is 12.8 Å². The van der Waals surface area contributed by atoms with Gasteiger partial charge in [0.25, 0.3) is 11.5 Å². The Morgan fingerprint density at radius 1 is 1.25 bits per heavy atom. The summed E-state index contributed by atoms with van der Waals surface area (Å²) < 4.78 is 5.74. The highest BCUT2D eigenvalue weighted by Gasteiger charge is 2.36. The van der Waals surface area contributed by atoms with Crippen molar-refractivity contribution in [2.75, 3.05) is 26.7 Å². The van der Waals surface area contributed by atoms with E-state index in [4.69, 9.17) is 27.9 Å². The smallest absolute Gasteiger partial charge is 0.256 e. The molecule has 32 heavy (non-hydrogen) atoms. The minimum absolute atomic E-state index is 0.140. The van der Waals surface area contributed by atoms with Gasteiger partial charge in [0, 0.05) is 54.5 Å². The Labute approximate surface area is 196 Å². The normalized spacial score (nSPS) is 18.5. The van der Waals surface area contributed by atoms with Crippen LogP contribution in [0.1, 0.15) is 50.0 Å². The first kappa shape index (κ1) is 21.7. The molecule has 2 aromatic rings. The zero-order valence-corrected chi connectivity index (χ0v) is 19.6. The van der Waals surface area contributed by atoms with Crippen LogP contribution in [-0.4, -0.2) is 42.5 Å². The number of benzene rings is 1. The number of aromatic amines is 1. The van der Waals surface area contributed by atoms with E-state index in [0.29, 0.717) is 40.6 Å². The van der Waals surface area contributed by atoms with Crippen molar-refractivity contribution in [3.8, 4) is 0 Å². The predicted molar refractivity (Wildman–Crippen MR) is 126 cm³/mol. The van der Waals surface area contributed by atoms with E-state index >= 15 is 0 Å². The number of allylic oxidation sites excluding steroid dienone is 1. The molecule has 1 aromatic carbocycles. The Bertz CT molecular complexity index is 1200. The van der Waals surface area contributed by atoms with Gasteiger partial charge >= 0.3 is 0 Å². The number of pyridine rings is 1. The van der Waals surface area contributed by atoms with Crippen molar-refractivity contribution >= 4 is 35.2 Å². The first-order valence-electron chi connectivity index (χ1n) is 10.9. The lowest BCUT2D eigenvalue weighted by Gasteiger charge is -2.36. The van der Waals surface area contributed by atoms with Crippen LogP contribution in [0.2, 0.25) is 10.0 Å². The van der Waals surface area contributed by atoms with E-state index in [1.54, 1.807) is 12.0 Å². The lowest BCUT2D eigenvalue weighted by Crippen LogP contribution is -2.46. The van der Waals surface area contributed by atoms with Crippen LogP contribution in [0.4, 0.5) is 0 Å². The van der Waals surface area contributed by atoms with E-state index in [9.17, 15) is 9.59 Å². The maximum atomic E-state index is 13.6. The van der Waals surface area contributed by atoms with Crippen molar-refractivity contribution < 1.29 is 9.53 Å². The number of aryl methyl sites for hydroxylation is 1. The molecule has 5 rings (SSSR count). The Morgan fingerprint density at radius 3 is 2.72 bits per heavy atom. The maximum Gasteiger partial charge on any atom is 0.256 e. The van der Waals surface area contributed by atoms with E-state index in [1.165, 1.54) is 0 Å². The third-order valence-electron chi connectivity index (χ3n) is 6.90. The number of hydrogen-bond acceptors (Lipinski definition) is 4. The quantitative estimate of drug-likeness (QED) is 0.694. The molecule has 8 heteroatoms. The van der Waals surface area contributed by atoms with Gasteiger partial charge in [-0.25, -0.2) is 0 Å². The van der Waals surface area contributed by atoms with E-state index in [-0.39, 0.29) is 30.0 Å². The second kappa shape index (κ2) is 8.34. The molecule has 3 aliphatic rings. The lowest BCUT2D eigenvalue weighted by atomic mass is 9.87. The number of carbonyl (C=O) groups excluding carboxylic acids is 1. The summed E-state index contributed by atoms with van der Waals surface area (Å²) in [7, 11) is 1.65. The van der Waals surface area contributed by atoms with Crippen LogP contribution in [0.25, 0.3) is 6.08 Å². The summed E-state index contributed by atoms with van der Waals surface area (Å²) in [6.45, 7) is 4.29. The number of aromatic nitrogens is 1. The van der Waals surface area contributed by atoms with Crippen LogP contribution in [0.15, 0.2) is 16.9 Å². The molecule has 3 heterocycles. The van der Waals surface area contributed by atoms with Gasteiger partial charge in [0.1, 0.15) is 0 Å². The molecule has 1 saturated heterocycles. The average molecular weight is 474 g/mol. The summed E-state index contributed by atoms with van der Waals surface area (Å²) in [6.07, 6.45) is 5.14. The number of hydrogen-bond donors (Lipinski definition) is 2. The molecule has 168 valence electrons. The first-order valence-corrected chi connectivity index (χ1v) is 11.6. The number of rotatable bonds is 5. The maximum absolute atomic E-state index is 13.6. The molecular formula is C24H25Cl2N3O3. The monoisotopic (exact) mass is 473 g/mol. The SMILES string of the molecule is COC(c1cc(Cl)c2c(c1Cl)C(=O)N(Cc1c3c(c(C)[nH]c1=O)C=CC3)CC2)C1CNC1. The van der Waals surface area contributed by atoms with E-state index in [2.05, 4.69) is 10.3 Å². The van der Waals surface area contributed by atoms with Gasteiger partial charge in [-0.05, 0) is 42.5 Å². The van der Waals surface area contributed by atoms with Crippen LogP contribution in [-0.2, 0) is 24.1 Å². The highest BCUT2D eigenvalue weighted by atomic mass is 35.5. The zero-order valence-electron chi connectivity index (χ0n) is 18.1. The average Bonchev–Trinajstić information content (AvgIpc) is 3.22. The van der Waals surface area contributed by atoms with Gasteiger partial charge < -0.3 is 19.9 Å². The van der Waals surface area contributed by atoms with Gasteiger partial charge in [-0.2, -0.15) is 0 Å². The summed E-state index contributed by atoms with van der Waals surface area (Å²) in [6, 6.07) is 1.85. The Balaban J connectivity index is 1.51. The molecule has 2 N–H and O–H groups in total. The molecule has 1 amide bonds. The van der Waals surface area contributed by atoms with Gasteiger partial charge in [-0.15, -0.1) is 0 Å². The van der Waals surface area contributed by atoms with Gasteiger partial charge in [0.15, 0.2) is 0 Å². The summed E-state index contributed by atoms with van der Waals surface area (Å²) >= 11 is 13.4. The van der Waals surface area contributed by atoms with Crippen LogP contribution in [0.3, 0.4) is 0 Å². The predicted octanol–water partition coefficient (Wildman–Crippen LogP) is 3.66. The Kier molecular flexibility index (Phi) is 5.66. The number of nitrogens with one attached hydrogen (secondary N) is 2. The van der Waals surface area contributed by atoms with Gasteiger partial charge in [0.2, 0.25) is 0 Å². The minimum Gasteiger partial charge on any atom is -0.376 e. The number of nitrogens with zero attached hydrogens (tertiary/aromatic N) is 1. The van der Waals surface area contributed by atoms with E-state index < -0.39 is 0 Å². The number of fused-ring (bicyclic) bond motifs is 2. The van der Waals surface area contributed by atoms with Gasteiger partial charge in [-0.1, -0.05) is 35.4 Å². The number of methoxy groups -OCH3 is 1. The third kappa shape index (κ3) is 3.41. The summed E-state index contributed by atoms with van der Waals surface area (Å²) in [5, 5.41) is 4.19. The Morgan fingerprint density at radius 2 is 2.03 bits per heavy atom. The largest absolute Gasteiger partial charge is 0.376 e. The summed E-state index contributed by atoms with van der Waals surface area (Å²) in [5.74, 6) is 0.0869. The van der Waals surface area contributed by atoms with Gasteiger partial charge in [0.05, 0.1) is 23.2 Å². The number of H-pyrrole nitrogens is 1. The van der Waals surface area contributed by atoms with Crippen molar-refractivity contribution in [1.82, 2.24) is 15.2 Å². The molecule has 1 atom stereocenters. The molecule has 0 saturated carbocycles. The molecule has 0 spiro atoms. The molecule has 1 aromatic heterocycles. The van der Waals surface area contributed by atoms with Gasteiger partial charge in [-0.3, -0.25) is 9.59 Å². The molecular weight excluding hydrogens is 449 g/mol. The standard InChI is InChI=1S/C24H25Cl2N3O3/c1-12-14-4-3-5-15(14)18(23(30)28-12)11-29-7-6-16-19(25)8-17(21(26)20(16)24(29)31)22(32-2)13-9-27-10-13/h3-4,8,13,22,27H,5-7,9-11H2,1-2H3,(H,28,30). The Hall–Kier alpha value is -2.12. The summed E-state index contributed by atoms with van der Waals surface area (Å²) in [4.78, 5) is 31.0. The van der Waals surface area contributed by atoms with Crippen LogP contribution >= 0.6 is 23.2 Å². The zero-order chi connectivity index (χ0) is 22.6. The molecule has 6 nitrogen and oxygen atoms in total. The molecule has 2 aliphatic heterocycles. The number of ether oxygens (including phenoxy) is 1. The first-order chi connectivity index (χ1) is 15.4. The lowest BCUT2D eigenvalue weighted by molar-refractivity contribution is 0.0292. The molecule has 1 aliphatic carbocycles. The third-order valence-corrected chi connectivity index (χ3v) is 7.65. The number of amides is 1. The van der Waals surface area contributed by atoms with E-state index in [0.717, 1.165) is 41.0 Å². The minimum atomic E-state index is -0.232. The fourth-order valence-corrected chi connectivity index (χ4v) is 5.73. The van der Waals surface area contributed by atoms with Crippen LogP contribution in [0.5, 0.6) is 0 Å². The topological polar surface area (TPSA) is 74.4 Å². The fourth-order valence-electron chi connectivity index (χ4n) is 5.06. The molecule has 0 bridgehead atoms. The fraction of sp³-hybridized carbons (Fsp3) is 0.417. The highest BCUT2D eigenvalue weighted by Crippen LogP contribution is 2.41. The second-order valence-corrected chi connectivity index (χ2v) is 9.51. The van der Waals surface area contributed by atoms with Crippen LogP contribution < -0.4 is 10.9 Å². The van der Waals surface area contributed by atoms with Crippen molar-refractivity contribution in [3.63, 3.8) is 0 Å². The number of carbonyl (C=O) groups is 1. The molecule has 1 unspecified atom stereocenters. The summed E-state index contributed by atoms with van der Waals surface area (Å²) in [5.41, 5.74) is 5.36. The number of halogens is 2. The molecule has 0 radical (unpaired) electrons. The molecule has 1 fully saturated rings. The van der Waals surface area contributed by atoms with Crippen molar-refractivity contribution in [1.29, 1.82) is 0 Å². The van der Waals surface area contributed by atoms with E-state index in [1.807, 2.05) is 25.1 Å². The van der Waals surface area contributed by atoms with Crippen molar-refractivity contribution in [3.05, 3.63) is 71.6 Å². The second-order valence-electron chi connectivity index (χ2n) is 8.72. The van der Waals surface area contributed by atoms with Crippen molar-refractivity contribution in [2.45, 2.75) is 32.4 Å².